The largest absolute Gasteiger partial charge is 0.377 e. The normalized spacial score (nSPS) is 13.9. The van der Waals surface area contributed by atoms with Gasteiger partial charge in [0.2, 0.25) is 5.69 Å². The van der Waals surface area contributed by atoms with E-state index in [1.54, 1.807) is 0 Å². The maximum atomic E-state index is 5.98. The quantitative estimate of drug-likeness (QED) is 0.240. The lowest BCUT2D eigenvalue weighted by molar-refractivity contribution is -0.659. The molecule has 2 nitrogen and oxygen atoms in total. The van der Waals surface area contributed by atoms with Gasteiger partial charge < -0.3 is 4.74 Å². The second-order valence-electron chi connectivity index (χ2n) is 12.2. The number of fused-ring (bicyclic) bond motifs is 5. The topological polar surface area (TPSA) is 13.1 Å². The highest BCUT2D eigenvalue weighted by molar-refractivity contribution is 6.12. The van der Waals surface area contributed by atoms with Crippen LogP contribution in [0.5, 0.6) is 0 Å². The van der Waals surface area contributed by atoms with Gasteiger partial charge in [-0.2, -0.15) is 0 Å². The Morgan fingerprint density at radius 1 is 0.743 bits per heavy atom. The molecule has 0 fully saturated rings. The molecule has 1 aromatic heterocycles. The molecule has 5 rings (SSSR count). The van der Waals surface area contributed by atoms with Crippen molar-refractivity contribution in [3.63, 3.8) is 0 Å². The first kappa shape index (κ1) is 23.8. The number of hydrogen-bond donors (Lipinski definition) is 0. The molecule has 2 heteroatoms. The predicted molar refractivity (Wildman–Crippen MR) is 148 cm³/mol. The summed E-state index contributed by atoms with van der Waals surface area (Å²) in [6, 6.07) is 20.8. The van der Waals surface area contributed by atoms with Crippen LogP contribution in [0, 0.1) is 0 Å². The molecule has 0 amide bonds. The van der Waals surface area contributed by atoms with Crippen LogP contribution in [-0.2, 0) is 22.6 Å². The van der Waals surface area contributed by atoms with E-state index in [1.165, 1.54) is 61.0 Å². The lowest BCUT2D eigenvalue weighted by atomic mass is 9.80. The lowest BCUT2D eigenvalue weighted by Gasteiger charge is -2.25. The molecule has 1 atom stereocenters. The number of benzene rings is 3. The highest BCUT2D eigenvalue weighted by atomic mass is 16.5. The molecule has 35 heavy (non-hydrogen) atoms. The number of ether oxygens (including phenoxy) is 1. The van der Waals surface area contributed by atoms with Crippen molar-refractivity contribution in [1.29, 1.82) is 0 Å². The van der Waals surface area contributed by atoms with Crippen LogP contribution in [0.15, 0.2) is 60.8 Å². The molecule has 180 valence electrons. The van der Waals surface area contributed by atoms with Crippen molar-refractivity contribution in [1.82, 2.24) is 0 Å². The summed E-state index contributed by atoms with van der Waals surface area (Å²) in [5, 5.41) is 2.61. The molecule has 0 saturated carbocycles. The number of aromatic nitrogens is 1. The van der Waals surface area contributed by atoms with Crippen LogP contribution in [0.1, 0.15) is 71.3 Å². The summed E-state index contributed by atoms with van der Waals surface area (Å²) in [6.07, 6.45) is 2.19. The molecule has 0 aliphatic heterocycles. The van der Waals surface area contributed by atoms with Crippen molar-refractivity contribution < 1.29 is 9.30 Å². The fraction of sp³-hybridized carbons (Fsp3) is 0.364. The van der Waals surface area contributed by atoms with Gasteiger partial charge in [0.1, 0.15) is 7.05 Å². The van der Waals surface area contributed by atoms with E-state index < -0.39 is 0 Å². The van der Waals surface area contributed by atoms with Crippen molar-refractivity contribution >= 4 is 10.8 Å². The average molecular weight is 465 g/mol. The Balaban J connectivity index is 2.06. The minimum Gasteiger partial charge on any atom is -0.377 e. The second kappa shape index (κ2) is 8.03. The number of rotatable bonds is 2. The van der Waals surface area contributed by atoms with Crippen molar-refractivity contribution in [2.45, 2.75) is 65.4 Å². The summed E-state index contributed by atoms with van der Waals surface area (Å²) in [5.74, 6) is 0. The molecule has 0 spiro atoms. The van der Waals surface area contributed by atoms with Gasteiger partial charge in [0, 0.05) is 13.2 Å². The van der Waals surface area contributed by atoms with Crippen LogP contribution < -0.4 is 4.57 Å². The number of methoxy groups -OCH3 is 1. The summed E-state index contributed by atoms with van der Waals surface area (Å²) < 4.78 is 8.28. The van der Waals surface area contributed by atoms with Gasteiger partial charge in [-0.1, -0.05) is 77.9 Å². The van der Waals surface area contributed by atoms with Gasteiger partial charge in [-0.15, -0.1) is 0 Å². The predicted octanol–water partition coefficient (Wildman–Crippen LogP) is 8.28. The molecule has 1 heterocycles. The fourth-order valence-electron chi connectivity index (χ4n) is 5.42. The zero-order valence-corrected chi connectivity index (χ0v) is 22.7. The number of hydrogen-bond acceptors (Lipinski definition) is 1. The Morgan fingerprint density at radius 3 is 1.91 bits per heavy atom. The van der Waals surface area contributed by atoms with Gasteiger partial charge in [0.25, 0.3) is 0 Å². The summed E-state index contributed by atoms with van der Waals surface area (Å²) in [7, 11) is 3.99. The third kappa shape index (κ3) is 3.79. The third-order valence-electron chi connectivity index (χ3n) is 7.67. The van der Waals surface area contributed by atoms with Gasteiger partial charge in [-0.25, -0.2) is 4.57 Å². The highest BCUT2D eigenvalue weighted by Crippen LogP contribution is 2.50. The molecule has 0 bridgehead atoms. The molecule has 0 saturated heterocycles. The Kier molecular flexibility index (Phi) is 5.45. The van der Waals surface area contributed by atoms with Crippen molar-refractivity contribution in [3.8, 4) is 33.5 Å². The summed E-state index contributed by atoms with van der Waals surface area (Å²) in [6.45, 7) is 16.0. The molecule has 0 N–H and O–H groups in total. The van der Waals surface area contributed by atoms with Gasteiger partial charge in [-0.3, -0.25) is 0 Å². The van der Waals surface area contributed by atoms with Crippen LogP contribution in [0.3, 0.4) is 0 Å². The van der Waals surface area contributed by atoms with Crippen LogP contribution in [-0.4, -0.2) is 7.11 Å². The van der Waals surface area contributed by atoms with E-state index in [0.717, 1.165) is 0 Å². The summed E-state index contributed by atoms with van der Waals surface area (Å²) in [5.41, 5.74) is 11.8. The Bertz CT molecular complexity index is 1460. The maximum absolute atomic E-state index is 5.98. The summed E-state index contributed by atoms with van der Waals surface area (Å²) >= 11 is 0. The van der Waals surface area contributed by atoms with Crippen molar-refractivity contribution in [3.05, 3.63) is 77.5 Å². The molecule has 4 aromatic rings. The van der Waals surface area contributed by atoms with Crippen molar-refractivity contribution in [2.24, 2.45) is 7.05 Å². The highest BCUT2D eigenvalue weighted by Gasteiger charge is 2.33. The first-order chi connectivity index (χ1) is 16.4. The van der Waals surface area contributed by atoms with E-state index in [2.05, 4.69) is 121 Å². The Labute approximate surface area is 210 Å². The third-order valence-corrected chi connectivity index (χ3v) is 7.67. The number of aryl methyl sites for hydroxylation is 1. The maximum Gasteiger partial charge on any atom is 0.221 e. The smallest absolute Gasteiger partial charge is 0.221 e. The minimum atomic E-state index is -0.0242. The first-order valence-electron chi connectivity index (χ1n) is 12.7. The summed E-state index contributed by atoms with van der Waals surface area (Å²) in [4.78, 5) is 0. The van der Waals surface area contributed by atoms with E-state index in [0.29, 0.717) is 0 Å². The average Bonchev–Trinajstić information content (AvgIpc) is 2.93. The molecule has 0 unspecified atom stereocenters. The van der Waals surface area contributed by atoms with Gasteiger partial charge >= 0.3 is 0 Å². The van der Waals surface area contributed by atoms with E-state index in [-0.39, 0.29) is 16.9 Å². The zero-order valence-electron chi connectivity index (χ0n) is 22.7. The molecule has 3 aromatic carbocycles. The standard InChI is InChI=1S/C33H38NO/c1-20(35-9)26-17-23(33(5,6)7)19-28-25-13-11-10-12-24(25)27-18-22(32(2,3)4)16-21-14-15-34(8)31(29(21)27)30(26)28/h10-20H,1-9H3/q+1/t20-/m1/s1. The lowest BCUT2D eigenvalue weighted by Crippen LogP contribution is -2.31. The van der Waals surface area contributed by atoms with E-state index in [9.17, 15) is 0 Å². The van der Waals surface area contributed by atoms with Crippen LogP contribution in [0.2, 0.25) is 0 Å². The number of nitrogens with zero attached hydrogens (tertiary/aromatic N) is 1. The fourth-order valence-corrected chi connectivity index (χ4v) is 5.42. The monoisotopic (exact) mass is 464 g/mol. The molecule has 0 radical (unpaired) electrons. The molecular formula is C33H38NO+. The van der Waals surface area contributed by atoms with Gasteiger partial charge in [-0.05, 0) is 74.2 Å². The van der Waals surface area contributed by atoms with Crippen LogP contribution in [0.25, 0.3) is 44.3 Å². The van der Waals surface area contributed by atoms with E-state index >= 15 is 0 Å². The Morgan fingerprint density at radius 2 is 1.31 bits per heavy atom. The second-order valence-corrected chi connectivity index (χ2v) is 12.2. The number of pyridine rings is 1. The minimum absolute atomic E-state index is 0.0242. The zero-order chi connectivity index (χ0) is 25.3. The van der Waals surface area contributed by atoms with Gasteiger partial charge in [0.05, 0.1) is 17.1 Å². The SMILES string of the molecule is CO[C@H](C)c1cc(C(C)(C)C)cc2c1-c1c3c(cc(C(C)(C)C)cc3cc[n+]1C)-c1ccccc1-2. The van der Waals surface area contributed by atoms with Crippen LogP contribution in [0.4, 0.5) is 0 Å². The first-order valence-corrected chi connectivity index (χ1v) is 12.7. The molecule has 1 aliphatic rings. The van der Waals surface area contributed by atoms with E-state index in [4.69, 9.17) is 4.74 Å². The van der Waals surface area contributed by atoms with Crippen LogP contribution >= 0.6 is 0 Å². The van der Waals surface area contributed by atoms with Gasteiger partial charge in [0.15, 0.2) is 6.20 Å². The molecular weight excluding hydrogens is 426 g/mol. The van der Waals surface area contributed by atoms with E-state index in [1.807, 2.05) is 7.11 Å². The molecule has 1 aliphatic carbocycles. The van der Waals surface area contributed by atoms with Crippen molar-refractivity contribution in [2.75, 3.05) is 7.11 Å². The Hall–Kier alpha value is -2.97.